The highest BCUT2D eigenvalue weighted by Crippen LogP contribution is 2.19. The van der Waals surface area contributed by atoms with Gasteiger partial charge in [0.25, 0.3) is 0 Å². The molecule has 0 aliphatic rings. The van der Waals surface area contributed by atoms with E-state index >= 15 is 0 Å². The van der Waals surface area contributed by atoms with Crippen LogP contribution in [-0.2, 0) is 5.11 Å². The molecule has 1 radical (unpaired) electrons. The smallest absolute Gasteiger partial charge is 0.118 e. The lowest BCUT2D eigenvalue weighted by molar-refractivity contribution is 0.0787. The predicted octanol–water partition coefficient (Wildman–Crippen LogP) is 3.74. The molecular formula is C12H17O. The summed E-state index contributed by atoms with van der Waals surface area (Å²) in [7, 11) is 0. The quantitative estimate of drug-likeness (QED) is 0.610. The molecule has 71 valence electrons. The molecular weight excluding hydrogens is 160 g/mol. The van der Waals surface area contributed by atoms with Crippen molar-refractivity contribution in [3.63, 3.8) is 0 Å². The first-order valence-corrected chi connectivity index (χ1v) is 5.05. The first kappa shape index (κ1) is 10.3. The fourth-order valence-corrected chi connectivity index (χ4v) is 1.41. The van der Waals surface area contributed by atoms with Gasteiger partial charge in [-0.2, -0.15) is 0 Å². The predicted molar refractivity (Wildman–Crippen MR) is 54.0 cm³/mol. The number of hydrogen-bond donors (Lipinski definition) is 0. The molecule has 0 heterocycles. The second-order valence-corrected chi connectivity index (χ2v) is 3.40. The van der Waals surface area contributed by atoms with Gasteiger partial charge in [-0.05, 0) is 12.0 Å². The van der Waals surface area contributed by atoms with E-state index in [0.717, 1.165) is 18.4 Å². The largest absolute Gasteiger partial charge is 0.228 e. The van der Waals surface area contributed by atoms with Crippen LogP contribution in [0.25, 0.3) is 0 Å². The topological polar surface area (TPSA) is 19.9 Å². The molecule has 0 N–H and O–H groups in total. The Hall–Kier alpha value is -0.820. The zero-order valence-electron chi connectivity index (χ0n) is 8.20. The Balaban J connectivity index is 2.35. The van der Waals surface area contributed by atoms with Crippen LogP contribution in [-0.4, -0.2) is 0 Å². The second kappa shape index (κ2) is 5.76. The molecule has 1 unspecified atom stereocenters. The summed E-state index contributed by atoms with van der Waals surface area (Å²) in [6.07, 6.45) is 3.66. The number of rotatable bonds is 5. The van der Waals surface area contributed by atoms with Crippen molar-refractivity contribution < 1.29 is 5.11 Å². The fraction of sp³-hybridized carbons (Fsp3) is 0.500. The molecule has 1 atom stereocenters. The zero-order valence-corrected chi connectivity index (χ0v) is 8.20. The molecule has 0 bridgehead atoms. The van der Waals surface area contributed by atoms with Crippen LogP contribution in [0.15, 0.2) is 30.3 Å². The maximum Gasteiger partial charge on any atom is 0.118 e. The average molecular weight is 177 g/mol. The van der Waals surface area contributed by atoms with Crippen LogP contribution in [0.3, 0.4) is 0 Å². The minimum atomic E-state index is -0.521. The first-order valence-electron chi connectivity index (χ1n) is 5.05. The van der Waals surface area contributed by atoms with Gasteiger partial charge in [0, 0.05) is 0 Å². The molecule has 1 aromatic carbocycles. The van der Waals surface area contributed by atoms with Crippen LogP contribution < -0.4 is 0 Å². The van der Waals surface area contributed by atoms with Gasteiger partial charge < -0.3 is 0 Å². The van der Waals surface area contributed by atoms with Gasteiger partial charge in [-0.25, -0.2) is 5.11 Å². The Morgan fingerprint density at radius 3 is 2.46 bits per heavy atom. The summed E-state index contributed by atoms with van der Waals surface area (Å²) in [6.45, 7) is 2.16. The molecule has 13 heavy (non-hydrogen) atoms. The van der Waals surface area contributed by atoms with Crippen molar-refractivity contribution in [1.82, 2.24) is 0 Å². The molecule has 1 nitrogen and oxygen atoms in total. The lowest BCUT2D eigenvalue weighted by atomic mass is 10.0. The van der Waals surface area contributed by atoms with E-state index in [4.69, 9.17) is 0 Å². The second-order valence-electron chi connectivity index (χ2n) is 3.40. The van der Waals surface area contributed by atoms with Gasteiger partial charge in [0.2, 0.25) is 0 Å². The Morgan fingerprint density at radius 1 is 1.15 bits per heavy atom. The molecule has 0 aromatic heterocycles. The highest BCUT2D eigenvalue weighted by atomic mass is 16.3. The molecule has 0 saturated heterocycles. The van der Waals surface area contributed by atoms with E-state index in [1.165, 1.54) is 12.8 Å². The summed E-state index contributed by atoms with van der Waals surface area (Å²) in [5, 5.41) is 11.6. The van der Waals surface area contributed by atoms with E-state index in [9.17, 15) is 5.11 Å². The normalized spacial score (nSPS) is 12.8. The maximum atomic E-state index is 11.6. The van der Waals surface area contributed by atoms with Gasteiger partial charge in [0.05, 0.1) is 0 Å². The van der Waals surface area contributed by atoms with Gasteiger partial charge in [0.1, 0.15) is 6.10 Å². The van der Waals surface area contributed by atoms with Crippen molar-refractivity contribution in [1.29, 1.82) is 0 Å². The van der Waals surface area contributed by atoms with E-state index in [2.05, 4.69) is 6.92 Å². The third-order valence-corrected chi connectivity index (χ3v) is 2.24. The van der Waals surface area contributed by atoms with Crippen molar-refractivity contribution >= 4 is 0 Å². The van der Waals surface area contributed by atoms with Crippen LogP contribution in [0.5, 0.6) is 0 Å². The standard InChI is InChI=1S/C12H17O/c1-2-3-5-10-12(13)11-8-6-4-7-9-11/h4,6-9,12H,2-3,5,10H2,1H3. The molecule has 0 aliphatic heterocycles. The van der Waals surface area contributed by atoms with Crippen molar-refractivity contribution in [2.75, 3.05) is 0 Å². The molecule has 0 fully saturated rings. The number of hydrogen-bond acceptors (Lipinski definition) is 0. The Kier molecular flexibility index (Phi) is 4.55. The van der Waals surface area contributed by atoms with Crippen LogP contribution in [0, 0.1) is 0 Å². The summed E-state index contributed by atoms with van der Waals surface area (Å²) in [5.41, 5.74) is 0.929. The lowest BCUT2D eigenvalue weighted by Crippen LogP contribution is -1.94. The van der Waals surface area contributed by atoms with E-state index < -0.39 is 6.10 Å². The van der Waals surface area contributed by atoms with Gasteiger partial charge in [-0.15, -0.1) is 0 Å². The first-order chi connectivity index (χ1) is 6.34. The molecule has 1 aromatic rings. The summed E-state index contributed by atoms with van der Waals surface area (Å²) < 4.78 is 0. The van der Waals surface area contributed by atoms with Crippen LogP contribution in [0.2, 0.25) is 0 Å². The SMILES string of the molecule is CCCCCC([O])c1ccccc1. The highest BCUT2D eigenvalue weighted by molar-refractivity contribution is 5.16. The Bertz CT molecular complexity index is 218. The van der Waals surface area contributed by atoms with Crippen molar-refractivity contribution in [2.24, 2.45) is 0 Å². The minimum Gasteiger partial charge on any atom is -0.228 e. The van der Waals surface area contributed by atoms with E-state index in [-0.39, 0.29) is 0 Å². The molecule has 0 saturated carbocycles. The number of unbranched alkanes of at least 4 members (excludes halogenated alkanes) is 2. The van der Waals surface area contributed by atoms with Gasteiger partial charge in [-0.3, -0.25) is 0 Å². The highest BCUT2D eigenvalue weighted by Gasteiger charge is 2.07. The molecule has 0 aliphatic carbocycles. The van der Waals surface area contributed by atoms with Crippen LogP contribution >= 0.6 is 0 Å². The van der Waals surface area contributed by atoms with Gasteiger partial charge in [0.15, 0.2) is 0 Å². The van der Waals surface area contributed by atoms with E-state index in [1.54, 1.807) is 0 Å². The summed E-state index contributed by atoms with van der Waals surface area (Å²) in [6, 6.07) is 9.65. The van der Waals surface area contributed by atoms with Crippen LogP contribution in [0.4, 0.5) is 0 Å². The van der Waals surface area contributed by atoms with Crippen LogP contribution in [0.1, 0.15) is 44.3 Å². The van der Waals surface area contributed by atoms with E-state index in [1.807, 2.05) is 30.3 Å². The fourth-order valence-electron chi connectivity index (χ4n) is 1.41. The summed E-state index contributed by atoms with van der Waals surface area (Å²) in [4.78, 5) is 0. The third-order valence-electron chi connectivity index (χ3n) is 2.24. The zero-order chi connectivity index (χ0) is 9.52. The monoisotopic (exact) mass is 177 g/mol. The molecule has 0 amide bonds. The molecule has 1 heteroatoms. The van der Waals surface area contributed by atoms with Gasteiger partial charge >= 0.3 is 0 Å². The van der Waals surface area contributed by atoms with Crippen molar-refractivity contribution in [3.05, 3.63) is 35.9 Å². The average Bonchev–Trinajstić information content (AvgIpc) is 2.19. The third kappa shape index (κ3) is 3.60. The lowest BCUT2D eigenvalue weighted by Gasteiger charge is -2.07. The van der Waals surface area contributed by atoms with E-state index in [0.29, 0.717) is 0 Å². The van der Waals surface area contributed by atoms with Gasteiger partial charge in [-0.1, -0.05) is 56.5 Å². The summed E-state index contributed by atoms with van der Waals surface area (Å²) >= 11 is 0. The molecule has 0 spiro atoms. The Labute approximate surface area is 80.4 Å². The Morgan fingerprint density at radius 2 is 1.85 bits per heavy atom. The summed E-state index contributed by atoms with van der Waals surface area (Å²) in [5.74, 6) is 0. The van der Waals surface area contributed by atoms with Crippen molar-refractivity contribution in [2.45, 2.75) is 38.7 Å². The van der Waals surface area contributed by atoms with Crippen molar-refractivity contribution in [3.8, 4) is 0 Å². The minimum absolute atomic E-state index is 0.521. The maximum absolute atomic E-state index is 11.6. The number of benzene rings is 1. The molecule has 1 rings (SSSR count).